The van der Waals surface area contributed by atoms with Crippen molar-refractivity contribution in [2.75, 3.05) is 0 Å². The van der Waals surface area contributed by atoms with Gasteiger partial charge in [0.1, 0.15) is 0 Å². The number of benzene rings is 3. The quantitative estimate of drug-likeness (QED) is 0.408. The molecule has 3 aromatic carbocycles. The number of nitrogens with zero attached hydrogens (tertiary/aromatic N) is 2. The van der Waals surface area contributed by atoms with E-state index in [-0.39, 0.29) is 18.0 Å². The van der Waals surface area contributed by atoms with Crippen molar-refractivity contribution in [2.24, 2.45) is 5.10 Å². The van der Waals surface area contributed by atoms with E-state index in [0.717, 1.165) is 16.3 Å². The highest BCUT2D eigenvalue weighted by molar-refractivity contribution is 5.90. The number of nitro benzene ring substituents is 1. The first-order valence-electron chi connectivity index (χ1n) is 8.33. The van der Waals surface area contributed by atoms with Crippen LogP contribution in [0.25, 0.3) is 16.8 Å². The van der Waals surface area contributed by atoms with Crippen LogP contribution in [0.5, 0.6) is 0 Å². The first-order valence-corrected chi connectivity index (χ1v) is 8.33. The molecule has 0 atom stereocenters. The number of hydrazone groups is 1. The van der Waals surface area contributed by atoms with E-state index < -0.39 is 4.92 Å². The molecule has 6 heteroatoms. The van der Waals surface area contributed by atoms with Crippen LogP contribution in [-0.4, -0.2) is 17.0 Å². The largest absolute Gasteiger partial charge is 0.273 e. The smallest absolute Gasteiger partial charge is 0.270 e. The predicted octanol–water partition coefficient (Wildman–Crippen LogP) is 4.11. The van der Waals surface area contributed by atoms with E-state index in [1.54, 1.807) is 24.3 Å². The Morgan fingerprint density at radius 1 is 1.07 bits per heavy atom. The fraction of sp³-hybridized carbons (Fsp3) is 0.0476. The standard InChI is InChI=1S/C21H17N3O3/c25-21(15-18-10-4-9-17-8-1-2-12-20(17)18)23-22-13-5-7-16-6-3-11-19(14-16)24(26)27/h1-14H,15H2,(H,23,25)/b7-5+,22-13-. The third-order valence-corrected chi connectivity index (χ3v) is 3.95. The SMILES string of the molecule is O=C(Cc1cccc2ccccc12)N/N=C\C=C\c1cccc([N+](=O)[O-])c1. The van der Waals surface area contributed by atoms with Gasteiger partial charge in [-0.3, -0.25) is 14.9 Å². The molecule has 0 heterocycles. The summed E-state index contributed by atoms with van der Waals surface area (Å²) in [4.78, 5) is 22.4. The lowest BCUT2D eigenvalue weighted by Crippen LogP contribution is -2.19. The van der Waals surface area contributed by atoms with Crippen molar-refractivity contribution in [3.8, 4) is 0 Å². The molecule has 0 spiro atoms. The lowest BCUT2D eigenvalue weighted by molar-refractivity contribution is -0.384. The van der Waals surface area contributed by atoms with Crippen LogP contribution in [0.4, 0.5) is 5.69 Å². The lowest BCUT2D eigenvalue weighted by Gasteiger charge is -2.05. The summed E-state index contributed by atoms with van der Waals surface area (Å²) in [5.74, 6) is -0.216. The number of carbonyl (C=O) groups is 1. The molecule has 0 saturated carbocycles. The molecule has 134 valence electrons. The fourth-order valence-corrected chi connectivity index (χ4v) is 2.71. The molecule has 0 aromatic heterocycles. The average molecular weight is 359 g/mol. The van der Waals surface area contributed by atoms with Crippen LogP contribution in [0.1, 0.15) is 11.1 Å². The maximum Gasteiger partial charge on any atom is 0.270 e. The maximum atomic E-state index is 12.1. The second-order valence-electron chi connectivity index (χ2n) is 5.84. The van der Waals surface area contributed by atoms with Gasteiger partial charge in [-0.15, -0.1) is 0 Å². The average Bonchev–Trinajstić information content (AvgIpc) is 2.68. The van der Waals surface area contributed by atoms with Crippen molar-refractivity contribution >= 4 is 34.7 Å². The summed E-state index contributed by atoms with van der Waals surface area (Å²) in [6.45, 7) is 0. The zero-order chi connectivity index (χ0) is 19.1. The number of hydrogen-bond donors (Lipinski definition) is 1. The van der Waals surface area contributed by atoms with Gasteiger partial charge in [0.15, 0.2) is 0 Å². The number of amides is 1. The molecule has 27 heavy (non-hydrogen) atoms. The number of carbonyl (C=O) groups excluding carboxylic acids is 1. The minimum atomic E-state index is -0.446. The van der Waals surface area contributed by atoms with Crippen LogP contribution in [0, 0.1) is 10.1 Å². The van der Waals surface area contributed by atoms with Crippen molar-refractivity contribution in [2.45, 2.75) is 6.42 Å². The van der Waals surface area contributed by atoms with Crippen LogP contribution in [0.2, 0.25) is 0 Å². The Labute approximate surface area is 156 Å². The number of rotatable bonds is 6. The molecule has 0 aliphatic rings. The second kappa shape index (κ2) is 8.53. The minimum absolute atomic E-state index is 0.0254. The zero-order valence-corrected chi connectivity index (χ0v) is 14.4. The Morgan fingerprint density at radius 3 is 2.70 bits per heavy atom. The van der Waals surface area contributed by atoms with Crippen molar-refractivity contribution in [1.29, 1.82) is 0 Å². The molecule has 0 bridgehead atoms. The third-order valence-electron chi connectivity index (χ3n) is 3.95. The first kappa shape index (κ1) is 18.0. The van der Waals surface area contributed by atoms with Gasteiger partial charge < -0.3 is 0 Å². The fourth-order valence-electron chi connectivity index (χ4n) is 2.71. The van der Waals surface area contributed by atoms with E-state index in [0.29, 0.717) is 5.56 Å². The van der Waals surface area contributed by atoms with Gasteiger partial charge in [0.25, 0.3) is 5.69 Å². The normalized spacial score (nSPS) is 11.3. The number of hydrogen-bond acceptors (Lipinski definition) is 4. The molecule has 3 aromatic rings. The van der Waals surface area contributed by atoms with Crippen molar-refractivity contribution in [3.63, 3.8) is 0 Å². The Balaban J connectivity index is 1.57. The molecule has 0 aliphatic heterocycles. The summed E-state index contributed by atoms with van der Waals surface area (Å²) in [6, 6.07) is 20.0. The van der Waals surface area contributed by atoms with Gasteiger partial charge in [0, 0.05) is 18.3 Å². The van der Waals surface area contributed by atoms with E-state index in [1.807, 2.05) is 42.5 Å². The van der Waals surface area contributed by atoms with E-state index in [2.05, 4.69) is 10.5 Å². The monoisotopic (exact) mass is 359 g/mol. The summed E-state index contributed by atoms with van der Waals surface area (Å²) >= 11 is 0. The van der Waals surface area contributed by atoms with Crippen LogP contribution >= 0.6 is 0 Å². The Kier molecular flexibility index (Phi) is 5.69. The van der Waals surface area contributed by atoms with E-state index in [4.69, 9.17) is 0 Å². The van der Waals surface area contributed by atoms with Gasteiger partial charge in [-0.05, 0) is 28.0 Å². The van der Waals surface area contributed by atoms with E-state index in [9.17, 15) is 14.9 Å². The lowest BCUT2D eigenvalue weighted by atomic mass is 10.0. The van der Waals surface area contributed by atoms with Gasteiger partial charge in [-0.1, -0.05) is 60.7 Å². The van der Waals surface area contributed by atoms with Gasteiger partial charge in [-0.25, -0.2) is 5.43 Å². The molecule has 0 saturated heterocycles. The van der Waals surface area contributed by atoms with Crippen molar-refractivity contribution in [3.05, 3.63) is 94.0 Å². The van der Waals surface area contributed by atoms with Crippen LogP contribution in [0.15, 0.2) is 77.9 Å². The minimum Gasteiger partial charge on any atom is -0.273 e. The predicted molar refractivity (Wildman–Crippen MR) is 106 cm³/mol. The molecular weight excluding hydrogens is 342 g/mol. The third kappa shape index (κ3) is 4.85. The highest BCUT2D eigenvalue weighted by atomic mass is 16.6. The molecule has 0 fully saturated rings. The topological polar surface area (TPSA) is 84.6 Å². The molecule has 1 amide bonds. The highest BCUT2D eigenvalue weighted by Crippen LogP contribution is 2.18. The van der Waals surface area contributed by atoms with Crippen LogP contribution in [0.3, 0.4) is 0 Å². The number of fused-ring (bicyclic) bond motifs is 1. The first-order chi connectivity index (χ1) is 13.1. The summed E-state index contributed by atoms with van der Waals surface area (Å²) in [5.41, 5.74) is 4.12. The van der Waals surface area contributed by atoms with Crippen LogP contribution < -0.4 is 5.43 Å². The van der Waals surface area contributed by atoms with Gasteiger partial charge in [0.05, 0.1) is 11.3 Å². The molecule has 0 radical (unpaired) electrons. The van der Waals surface area contributed by atoms with Gasteiger partial charge in [-0.2, -0.15) is 5.10 Å². The van der Waals surface area contributed by atoms with Crippen LogP contribution in [-0.2, 0) is 11.2 Å². The molecule has 3 rings (SSSR count). The zero-order valence-electron chi connectivity index (χ0n) is 14.4. The van der Waals surface area contributed by atoms with Crippen molar-refractivity contribution < 1.29 is 9.72 Å². The van der Waals surface area contributed by atoms with Crippen molar-refractivity contribution in [1.82, 2.24) is 5.43 Å². The highest BCUT2D eigenvalue weighted by Gasteiger charge is 2.06. The molecule has 0 aliphatic carbocycles. The molecule has 1 N–H and O–H groups in total. The second-order valence-corrected chi connectivity index (χ2v) is 5.84. The van der Waals surface area contributed by atoms with E-state index >= 15 is 0 Å². The summed E-state index contributed by atoms with van der Waals surface area (Å²) in [5, 5.41) is 16.8. The molecular formula is C21H17N3O3. The Morgan fingerprint density at radius 2 is 1.85 bits per heavy atom. The number of nitrogens with one attached hydrogen (secondary N) is 1. The van der Waals surface area contributed by atoms with E-state index in [1.165, 1.54) is 18.3 Å². The Hall–Kier alpha value is -3.80. The summed E-state index contributed by atoms with van der Waals surface area (Å²) in [7, 11) is 0. The van der Waals surface area contributed by atoms with Gasteiger partial charge in [0.2, 0.25) is 5.91 Å². The number of nitro groups is 1. The number of allylic oxidation sites excluding steroid dienone is 1. The maximum absolute atomic E-state index is 12.1. The summed E-state index contributed by atoms with van der Waals surface area (Å²) in [6.07, 6.45) is 4.94. The summed E-state index contributed by atoms with van der Waals surface area (Å²) < 4.78 is 0. The molecule has 0 unspecified atom stereocenters. The molecule has 6 nitrogen and oxygen atoms in total. The number of non-ortho nitro benzene ring substituents is 1. The Bertz CT molecular complexity index is 1040. The van der Waals surface area contributed by atoms with Gasteiger partial charge >= 0.3 is 0 Å².